The molecule has 2 nitrogen and oxygen atoms in total. The number of halogens is 5. The fourth-order valence-corrected chi connectivity index (χ4v) is 2.21. The van der Waals surface area contributed by atoms with Crippen LogP contribution in [0.2, 0.25) is 0 Å². The van der Waals surface area contributed by atoms with Crippen molar-refractivity contribution in [1.82, 2.24) is 4.98 Å². The van der Waals surface area contributed by atoms with Gasteiger partial charge in [0.2, 0.25) is 0 Å². The van der Waals surface area contributed by atoms with Crippen LogP contribution in [0.4, 0.5) is 22.0 Å². The van der Waals surface area contributed by atoms with E-state index in [0.717, 1.165) is 18.3 Å². The molecule has 2 aromatic rings. The zero-order valence-electron chi connectivity index (χ0n) is 9.08. The lowest BCUT2D eigenvalue weighted by Crippen LogP contribution is -2.03. The number of alkyl halides is 3. The normalized spacial score (nSPS) is 13.6. The summed E-state index contributed by atoms with van der Waals surface area (Å²) in [6, 6.07) is 2.43. The molecule has 0 amide bonds. The molecule has 0 aliphatic heterocycles. The molecule has 1 N–H and O–H groups in total. The van der Waals surface area contributed by atoms with Gasteiger partial charge in [0.25, 0.3) is 0 Å². The molecule has 0 saturated heterocycles. The highest BCUT2D eigenvalue weighted by molar-refractivity contribution is 7.11. The van der Waals surface area contributed by atoms with Crippen LogP contribution >= 0.6 is 11.3 Å². The third-order valence-corrected chi connectivity index (χ3v) is 3.39. The third-order valence-electron chi connectivity index (χ3n) is 2.29. The van der Waals surface area contributed by atoms with E-state index in [1.165, 1.54) is 0 Å². The summed E-state index contributed by atoms with van der Waals surface area (Å²) in [5.74, 6) is -1.87. The quantitative estimate of drug-likeness (QED) is 0.860. The van der Waals surface area contributed by atoms with Gasteiger partial charge in [-0.05, 0) is 6.07 Å². The van der Waals surface area contributed by atoms with Crippen LogP contribution in [-0.2, 0) is 6.18 Å². The highest BCUT2D eigenvalue weighted by Crippen LogP contribution is 2.36. The summed E-state index contributed by atoms with van der Waals surface area (Å²) >= 11 is 0.209. The van der Waals surface area contributed by atoms with Crippen molar-refractivity contribution in [3.05, 3.63) is 51.5 Å². The molecule has 102 valence electrons. The SMILES string of the molecule is OC(c1cnc(C(F)(F)F)s1)c1ccc(F)cc1F. The lowest BCUT2D eigenvalue weighted by atomic mass is 10.1. The molecule has 1 atom stereocenters. The number of aromatic nitrogens is 1. The maximum absolute atomic E-state index is 13.4. The van der Waals surface area contributed by atoms with Crippen molar-refractivity contribution in [2.45, 2.75) is 12.3 Å². The summed E-state index contributed by atoms with van der Waals surface area (Å²) in [6.07, 6.45) is -5.42. The van der Waals surface area contributed by atoms with E-state index < -0.39 is 28.9 Å². The maximum Gasteiger partial charge on any atom is 0.443 e. The van der Waals surface area contributed by atoms with Crippen LogP contribution < -0.4 is 0 Å². The van der Waals surface area contributed by atoms with Gasteiger partial charge in [0, 0.05) is 17.8 Å². The van der Waals surface area contributed by atoms with Crippen LogP contribution in [0, 0.1) is 11.6 Å². The molecular weight excluding hydrogens is 289 g/mol. The van der Waals surface area contributed by atoms with Crippen molar-refractivity contribution >= 4 is 11.3 Å². The van der Waals surface area contributed by atoms with Gasteiger partial charge >= 0.3 is 6.18 Å². The minimum Gasteiger partial charge on any atom is -0.383 e. The van der Waals surface area contributed by atoms with Crippen LogP contribution in [0.15, 0.2) is 24.4 Å². The predicted molar refractivity (Wildman–Crippen MR) is 57.5 cm³/mol. The van der Waals surface area contributed by atoms with Gasteiger partial charge in [-0.25, -0.2) is 13.8 Å². The van der Waals surface area contributed by atoms with Crippen molar-refractivity contribution in [3.63, 3.8) is 0 Å². The highest BCUT2D eigenvalue weighted by Gasteiger charge is 2.35. The van der Waals surface area contributed by atoms with Crippen molar-refractivity contribution in [2.24, 2.45) is 0 Å². The Kier molecular flexibility index (Phi) is 3.55. The van der Waals surface area contributed by atoms with Crippen LogP contribution in [0.1, 0.15) is 21.6 Å². The van der Waals surface area contributed by atoms with E-state index in [-0.39, 0.29) is 21.8 Å². The molecule has 2 rings (SSSR count). The predicted octanol–water partition coefficient (Wildman–Crippen LogP) is 3.52. The standard InChI is InChI=1S/C11H6F5NOS/c12-5-1-2-6(7(13)3-5)9(18)8-4-17-10(19-8)11(14,15)16/h1-4,9,18H. The molecule has 0 aliphatic carbocycles. The fraction of sp³-hybridized carbons (Fsp3) is 0.182. The first-order chi connectivity index (χ1) is 8.79. The second-order valence-electron chi connectivity index (χ2n) is 3.63. The summed E-state index contributed by atoms with van der Waals surface area (Å²) in [5, 5.41) is 8.65. The number of thiazole rings is 1. The Bertz CT molecular complexity index is 595. The summed E-state index contributed by atoms with van der Waals surface area (Å²) < 4.78 is 63.1. The number of aliphatic hydroxyl groups excluding tert-OH is 1. The first-order valence-electron chi connectivity index (χ1n) is 4.95. The Hall–Kier alpha value is -1.54. The van der Waals surface area contributed by atoms with Gasteiger partial charge in [0.05, 0.1) is 4.88 Å². The van der Waals surface area contributed by atoms with Crippen LogP contribution in [-0.4, -0.2) is 10.1 Å². The van der Waals surface area contributed by atoms with Gasteiger partial charge in [0.1, 0.15) is 17.7 Å². The summed E-state index contributed by atoms with van der Waals surface area (Å²) in [4.78, 5) is 2.95. The fourth-order valence-electron chi connectivity index (χ4n) is 1.42. The zero-order chi connectivity index (χ0) is 14.2. The molecular formula is C11H6F5NOS. The summed E-state index contributed by atoms with van der Waals surface area (Å²) in [6.45, 7) is 0. The minimum absolute atomic E-state index is 0.169. The van der Waals surface area contributed by atoms with Crippen LogP contribution in [0.3, 0.4) is 0 Å². The van der Waals surface area contributed by atoms with E-state index in [0.29, 0.717) is 6.07 Å². The highest BCUT2D eigenvalue weighted by atomic mass is 32.1. The Morgan fingerprint density at radius 3 is 2.42 bits per heavy atom. The van der Waals surface area contributed by atoms with E-state index >= 15 is 0 Å². The smallest absolute Gasteiger partial charge is 0.383 e. The van der Waals surface area contributed by atoms with E-state index in [9.17, 15) is 27.1 Å². The summed E-state index contributed by atoms with van der Waals surface area (Å²) in [5.41, 5.74) is -0.307. The van der Waals surface area contributed by atoms with E-state index in [1.54, 1.807) is 0 Å². The van der Waals surface area contributed by atoms with Crippen molar-refractivity contribution in [3.8, 4) is 0 Å². The Labute approximate surface area is 108 Å². The van der Waals surface area contributed by atoms with Gasteiger partial charge in [-0.3, -0.25) is 0 Å². The maximum atomic E-state index is 13.4. The number of hydrogen-bond donors (Lipinski definition) is 1. The molecule has 1 unspecified atom stereocenters. The molecule has 19 heavy (non-hydrogen) atoms. The lowest BCUT2D eigenvalue weighted by Gasteiger charge is -2.09. The molecule has 0 fully saturated rings. The average Bonchev–Trinajstić information content (AvgIpc) is 2.76. The van der Waals surface area contributed by atoms with E-state index in [2.05, 4.69) is 4.98 Å². The Morgan fingerprint density at radius 1 is 1.21 bits per heavy atom. The number of nitrogens with zero attached hydrogens (tertiary/aromatic N) is 1. The molecule has 1 aromatic carbocycles. The van der Waals surface area contributed by atoms with E-state index in [4.69, 9.17) is 0 Å². The number of aliphatic hydroxyl groups is 1. The second kappa shape index (κ2) is 4.86. The van der Waals surface area contributed by atoms with Crippen LogP contribution in [0.5, 0.6) is 0 Å². The summed E-state index contributed by atoms with van der Waals surface area (Å²) in [7, 11) is 0. The largest absolute Gasteiger partial charge is 0.443 e. The van der Waals surface area contributed by atoms with Crippen molar-refractivity contribution in [1.29, 1.82) is 0 Å². The third kappa shape index (κ3) is 2.90. The first kappa shape index (κ1) is 13.9. The topological polar surface area (TPSA) is 33.1 Å². The number of rotatable bonds is 2. The van der Waals surface area contributed by atoms with Gasteiger partial charge in [-0.1, -0.05) is 6.07 Å². The molecule has 1 heterocycles. The van der Waals surface area contributed by atoms with Crippen molar-refractivity contribution < 1.29 is 27.1 Å². The number of benzene rings is 1. The second-order valence-corrected chi connectivity index (χ2v) is 4.70. The first-order valence-corrected chi connectivity index (χ1v) is 5.76. The zero-order valence-corrected chi connectivity index (χ0v) is 9.90. The minimum atomic E-state index is -4.62. The molecule has 0 saturated carbocycles. The molecule has 1 aromatic heterocycles. The van der Waals surface area contributed by atoms with Crippen molar-refractivity contribution in [2.75, 3.05) is 0 Å². The van der Waals surface area contributed by atoms with Crippen LogP contribution in [0.25, 0.3) is 0 Å². The van der Waals surface area contributed by atoms with Gasteiger partial charge in [0.15, 0.2) is 5.01 Å². The molecule has 8 heteroatoms. The van der Waals surface area contributed by atoms with E-state index in [1.807, 2.05) is 0 Å². The number of hydrogen-bond acceptors (Lipinski definition) is 3. The Morgan fingerprint density at radius 2 is 1.89 bits per heavy atom. The Balaban J connectivity index is 2.34. The monoisotopic (exact) mass is 295 g/mol. The van der Waals surface area contributed by atoms with Gasteiger partial charge < -0.3 is 5.11 Å². The molecule has 0 bridgehead atoms. The average molecular weight is 295 g/mol. The van der Waals surface area contributed by atoms with Gasteiger partial charge in [-0.15, -0.1) is 11.3 Å². The molecule has 0 aliphatic rings. The van der Waals surface area contributed by atoms with Gasteiger partial charge in [-0.2, -0.15) is 13.2 Å². The lowest BCUT2D eigenvalue weighted by molar-refractivity contribution is -0.137. The molecule has 0 spiro atoms. The molecule has 0 radical (unpaired) electrons.